The number of anilines is 2. The van der Waals surface area contributed by atoms with Gasteiger partial charge in [0.05, 0.1) is 11.3 Å². The zero-order chi connectivity index (χ0) is 15.1. The number of carboxylic acids is 1. The zero-order valence-electron chi connectivity index (χ0n) is 12.1. The molecule has 0 heterocycles. The number of carbonyl (C=O) groups excluding carboxylic acids is 1. The van der Waals surface area contributed by atoms with Crippen molar-refractivity contribution in [2.75, 3.05) is 17.7 Å². The standard InChI is InChI=1S/C16H20N2O3/c1-18(14-5-4-11(17)8-13(14)16(20)21)15(19)12-7-9-2-3-10(12)6-9/h4-5,8-10,12H,2-3,6-7,17H2,1H3,(H,20,21). The van der Waals surface area contributed by atoms with Crippen LogP contribution in [-0.2, 0) is 4.79 Å². The Balaban J connectivity index is 1.86. The monoisotopic (exact) mass is 288 g/mol. The molecule has 3 atom stereocenters. The zero-order valence-corrected chi connectivity index (χ0v) is 12.1. The topological polar surface area (TPSA) is 83.6 Å². The summed E-state index contributed by atoms with van der Waals surface area (Å²) in [5.74, 6) is 0.182. The van der Waals surface area contributed by atoms with Gasteiger partial charge in [-0.25, -0.2) is 4.79 Å². The van der Waals surface area contributed by atoms with Crippen LogP contribution in [-0.4, -0.2) is 24.0 Å². The molecule has 3 N–H and O–H groups in total. The summed E-state index contributed by atoms with van der Waals surface area (Å²) >= 11 is 0. The summed E-state index contributed by atoms with van der Waals surface area (Å²) in [5.41, 5.74) is 6.53. The van der Waals surface area contributed by atoms with Gasteiger partial charge in [0.2, 0.25) is 5.91 Å². The van der Waals surface area contributed by atoms with Gasteiger partial charge in [-0.1, -0.05) is 6.42 Å². The minimum atomic E-state index is -1.06. The second kappa shape index (κ2) is 5.06. The number of hydrogen-bond donors (Lipinski definition) is 2. The molecule has 112 valence electrons. The number of carboxylic acid groups (broad SMARTS) is 1. The van der Waals surface area contributed by atoms with Gasteiger partial charge in [-0.3, -0.25) is 4.79 Å². The first kappa shape index (κ1) is 13.9. The van der Waals surface area contributed by atoms with Gasteiger partial charge >= 0.3 is 5.97 Å². The molecule has 2 saturated carbocycles. The van der Waals surface area contributed by atoms with E-state index in [0.717, 1.165) is 19.3 Å². The fourth-order valence-corrected chi connectivity index (χ4v) is 3.93. The molecule has 21 heavy (non-hydrogen) atoms. The van der Waals surface area contributed by atoms with Crippen LogP contribution in [0.15, 0.2) is 18.2 Å². The van der Waals surface area contributed by atoms with E-state index in [0.29, 0.717) is 23.2 Å². The highest BCUT2D eigenvalue weighted by Gasteiger charge is 2.44. The molecule has 0 spiro atoms. The molecule has 2 bridgehead atoms. The Kier molecular flexibility index (Phi) is 3.35. The van der Waals surface area contributed by atoms with Crippen molar-refractivity contribution >= 4 is 23.3 Å². The molecule has 0 aromatic heterocycles. The summed E-state index contributed by atoms with van der Waals surface area (Å²) in [7, 11) is 1.66. The maximum atomic E-state index is 12.7. The average Bonchev–Trinajstić information content (AvgIpc) is 3.08. The van der Waals surface area contributed by atoms with Gasteiger partial charge < -0.3 is 15.7 Å². The van der Waals surface area contributed by atoms with Crippen molar-refractivity contribution < 1.29 is 14.7 Å². The summed E-state index contributed by atoms with van der Waals surface area (Å²) in [5, 5.41) is 9.30. The van der Waals surface area contributed by atoms with E-state index in [4.69, 9.17) is 5.73 Å². The molecule has 5 nitrogen and oxygen atoms in total. The quantitative estimate of drug-likeness (QED) is 0.836. The Morgan fingerprint density at radius 3 is 2.62 bits per heavy atom. The molecule has 5 heteroatoms. The van der Waals surface area contributed by atoms with E-state index in [1.165, 1.54) is 17.4 Å². The Morgan fingerprint density at radius 1 is 1.29 bits per heavy atom. The van der Waals surface area contributed by atoms with Crippen molar-refractivity contribution in [2.24, 2.45) is 17.8 Å². The van der Waals surface area contributed by atoms with Crippen LogP contribution in [0.4, 0.5) is 11.4 Å². The highest BCUT2D eigenvalue weighted by atomic mass is 16.4. The van der Waals surface area contributed by atoms with Gasteiger partial charge in [0.15, 0.2) is 0 Å². The maximum Gasteiger partial charge on any atom is 0.337 e. The minimum absolute atomic E-state index is 0.0365. The van der Waals surface area contributed by atoms with Crippen LogP contribution in [0.5, 0.6) is 0 Å². The van der Waals surface area contributed by atoms with Crippen molar-refractivity contribution in [3.63, 3.8) is 0 Å². The molecule has 0 radical (unpaired) electrons. The molecule has 2 fully saturated rings. The predicted octanol–water partition coefficient (Wildman–Crippen LogP) is 2.37. The number of nitrogens with zero attached hydrogens (tertiary/aromatic N) is 1. The normalized spacial score (nSPS) is 26.8. The van der Waals surface area contributed by atoms with Crippen LogP contribution in [0, 0.1) is 17.8 Å². The van der Waals surface area contributed by atoms with Gasteiger partial charge in [-0.05, 0) is 49.3 Å². The number of carbonyl (C=O) groups is 2. The first-order valence-electron chi connectivity index (χ1n) is 7.37. The molecule has 0 aliphatic heterocycles. The lowest BCUT2D eigenvalue weighted by atomic mass is 9.87. The van der Waals surface area contributed by atoms with Crippen LogP contribution in [0.25, 0.3) is 0 Å². The minimum Gasteiger partial charge on any atom is -0.478 e. The average molecular weight is 288 g/mol. The second-order valence-corrected chi connectivity index (χ2v) is 6.26. The molecule has 3 rings (SSSR count). The largest absolute Gasteiger partial charge is 0.478 e. The molecular formula is C16H20N2O3. The van der Waals surface area contributed by atoms with Crippen molar-refractivity contribution in [3.05, 3.63) is 23.8 Å². The van der Waals surface area contributed by atoms with E-state index >= 15 is 0 Å². The number of amides is 1. The van der Waals surface area contributed by atoms with Gasteiger partial charge in [-0.2, -0.15) is 0 Å². The lowest BCUT2D eigenvalue weighted by Gasteiger charge is -2.27. The summed E-state index contributed by atoms with van der Waals surface area (Å²) < 4.78 is 0. The van der Waals surface area contributed by atoms with Crippen LogP contribution in [0.1, 0.15) is 36.0 Å². The van der Waals surface area contributed by atoms with E-state index in [9.17, 15) is 14.7 Å². The SMILES string of the molecule is CN(C(=O)C1CC2CCC1C2)c1ccc(N)cc1C(=O)O. The van der Waals surface area contributed by atoms with Crippen LogP contribution < -0.4 is 10.6 Å². The Bertz CT molecular complexity index is 599. The van der Waals surface area contributed by atoms with Crippen molar-refractivity contribution in [3.8, 4) is 0 Å². The van der Waals surface area contributed by atoms with E-state index < -0.39 is 5.97 Å². The third kappa shape index (κ3) is 2.37. The second-order valence-electron chi connectivity index (χ2n) is 6.26. The lowest BCUT2D eigenvalue weighted by Crippen LogP contribution is -2.36. The number of fused-ring (bicyclic) bond motifs is 2. The first-order valence-corrected chi connectivity index (χ1v) is 7.37. The number of aromatic carboxylic acids is 1. The van der Waals surface area contributed by atoms with Crippen molar-refractivity contribution in [2.45, 2.75) is 25.7 Å². The molecule has 2 aliphatic carbocycles. The molecule has 0 saturated heterocycles. The third-order valence-electron chi connectivity index (χ3n) is 5.00. The van der Waals surface area contributed by atoms with Gasteiger partial charge in [0.25, 0.3) is 0 Å². The maximum absolute atomic E-state index is 12.7. The smallest absolute Gasteiger partial charge is 0.337 e. The van der Waals surface area contributed by atoms with Gasteiger partial charge in [-0.15, -0.1) is 0 Å². The van der Waals surface area contributed by atoms with Crippen LogP contribution >= 0.6 is 0 Å². The van der Waals surface area contributed by atoms with Crippen molar-refractivity contribution in [1.29, 1.82) is 0 Å². The summed E-state index contributed by atoms with van der Waals surface area (Å²) in [6.45, 7) is 0. The summed E-state index contributed by atoms with van der Waals surface area (Å²) in [6, 6.07) is 4.65. The Morgan fingerprint density at radius 2 is 2.05 bits per heavy atom. The third-order valence-corrected chi connectivity index (χ3v) is 5.00. The summed E-state index contributed by atoms with van der Waals surface area (Å²) in [4.78, 5) is 25.5. The molecule has 2 aliphatic rings. The number of hydrogen-bond acceptors (Lipinski definition) is 3. The molecule has 1 aromatic rings. The Labute approximate surface area is 123 Å². The lowest BCUT2D eigenvalue weighted by molar-refractivity contribution is -0.123. The van der Waals surface area contributed by atoms with Gasteiger partial charge in [0.1, 0.15) is 0 Å². The molecule has 3 unspecified atom stereocenters. The molecule has 1 amide bonds. The Hall–Kier alpha value is -2.04. The fraction of sp³-hybridized carbons (Fsp3) is 0.500. The summed E-state index contributed by atoms with van der Waals surface area (Å²) in [6.07, 6.45) is 4.46. The van der Waals surface area contributed by atoms with Gasteiger partial charge in [0, 0.05) is 18.7 Å². The predicted molar refractivity (Wildman–Crippen MR) is 80.2 cm³/mol. The molecule has 1 aromatic carbocycles. The van der Waals surface area contributed by atoms with E-state index in [-0.39, 0.29) is 17.4 Å². The number of benzene rings is 1. The fourth-order valence-electron chi connectivity index (χ4n) is 3.93. The first-order chi connectivity index (χ1) is 9.97. The number of nitrogens with two attached hydrogens (primary N) is 1. The molecular weight excluding hydrogens is 268 g/mol. The van der Waals surface area contributed by atoms with E-state index in [2.05, 4.69) is 0 Å². The number of rotatable bonds is 3. The van der Waals surface area contributed by atoms with Crippen molar-refractivity contribution in [1.82, 2.24) is 0 Å². The highest BCUT2D eigenvalue weighted by molar-refractivity contribution is 6.03. The van der Waals surface area contributed by atoms with Crippen LogP contribution in [0.2, 0.25) is 0 Å². The van der Waals surface area contributed by atoms with E-state index in [1.807, 2.05) is 0 Å². The van der Waals surface area contributed by atoms with E-state index in [1.54, 1.807) is 19.2 Å². The number of nitrogen functional groups attached to an aromatic ring is 1. The van der Waals surface area contributed by atoms with Crippen LogP contribution in [0.3, 0.4) is 0 Å². The highest BCUT2D eigenvalue weighted by Crippen LogP contribution is 2.49.